The molecule has 148 valence electrons. The number of nitrogens with zero attached hydrogens (tertiary/aromatic N) is 1. The van der Waals surface area contributed by atoms with Gasteiger partial charge in [-0.1, -0.05) is 12.1 Å². The number of benzene rings is 1. The minimum atomic E-state index is -4.59. The van der Waals surface area contributed by atoms with Crippen LogP contribution in [0.2, 0.25) is 0 Å². The molecule has 1 aromatic carbocycles. The van der Waals surface area contributed by atoms with Gasteiger partial charge in [-0.15, -0.1) is 0 Å². The zero-order valence-corrected chi connectivity index (χ0v) is 15.4. The van der Waals surface area contributed by atoms with E-state index >= 15 is 0 Å². The van der Waals surface area contributed by atoms with E-state index in [0.29, 0.717) is 17.8 Å². The summed E-state index contributed by atoms with van der Waals surface area (Å²) >= 11 is 0. The van der Waals surface area contributed by atoms with Crippen molar-refractivity contribution in [3.8, 4) is 6.07 Å². The second-order valence-corrected chi connectivity index (χ2v) is 8.51. The molecular formula is C21H22F3N3O. The van der Waals surface area contributed by atoms with E-state index < -0.39 is 17.6 Å². The molecule has 0 radical (unpaired) electrons. The number of alkyl halides is 3. The van der Waals surface area contributed by atoms with E-state index in [4.69, 9.17) is 0 Å². The molecule has 0 saturated heterocycles. The quantitative estimate of drug-likeness (QED) is 0.584. The largest absolute Gasteiger partial charge is 0.418 e. The minimum absolute atomic E-state index is 0.0823. The third-order valence-electron chi connectivity index (χ3n) is 6.41. The molecule has 7 heteroatoms. The summed E-state index contributed by atoms with van der Waals surface area (Å²) in [6.45, 7) is 0. The summed E-state index contributed by atoms with van der Waals surface area (Å²) in [5.41, 5.74) is -1.58. The Morgan fingerprint density at radius 3 is 2.21 bits per heavy atom. The third kappa shape index (κ3) is 3.60. The number of anilines is 1. The fraction of sp³-hybridized carbons (Fsp3) is 0.524. The highest BCUT2D eigenvalue weighted by molar-refractivity contribution is 6.06. The first-order valence-corrected chi connectivity index (χ1v) is 9.63. The van der Waals surface area contributed by atoms with Crippen LogP contribution < -0.4 is 10.6 Å². The number of nitriles is 1. The maximum Gasteiger partial charge on any atom is 0.418 e. The fourth-order valence-corrected chi connectivity index (χ4v) is 5.69. The average molecular weight is 389 g/mol. The molecule has 0 unspecified atom stereocenters. The van der Waals surface area contributed by atoms with Gasteiger partial charge in [0.1, 0.15) is 11.6 Å². The summed E-state index contributed by atoms with van der Waals surface area (Å²) in [6, 6.07) is 6.57. The fourth-order valence-electron chi connectivity index (χ4n) is 5.69. The van der Waals surface area contributed by atoms with Crippen LogP contribution in [0.15, 0.2) is 36.0 Å². The normalized spacial score (nSPS) is 31.4. The second kappa shape index (κ2) is 6.84. The molecule has 5 rings (SSSR count). The van der Waals surface area contributed by atoms with Crippen molar-refractivity contribution in [2.75, 3.05) is 5.32 Å². The van der Waals surface area contributed by atoms with E-state index in [-0.39, 0.29) is 16.8 Å². The standard InChI is InChI=1S/C21H22F3N3O/c22-21(23,24)17-3-1-2-4-18(17)27-19(28)16(11-25)12-26-20-8-13-5-14(9-20)7-15(6-13)10-20/h1-4,12-15,26H,5-10H2,(H,27,28)/b16-12-. The number of rotatable bonds is 4. The Bertz CT molecular complexity index is 818. The highest BCUT2D eigenvalue weighted by Crippen LogP contribution is 2.55. The highest BCUT2D eigenvalue weighted by Gasteiger charge is 2.50. The van der Waals surface area contributed by atoms with Crippen LogP contribution in [-0.4, -0.2) is 11.4 Å². The number of halogens is 3. The van der Waals surface area contributed by atoms with Crippen molar-refractivity contribution < 1.29 is 18.0 Å². The summed E-state index contributed by atoms with van der Waals surface area (Å²) in [7, 11) is 0. The predicted octanol–water partition coefficient (Wildman–Crippen LogP) is 4.61. The van der Waals surface area contributed by atoms with Crippen molar-refractivity contribution >= 4 is 11.6 Å². The first-order chi connectivity index (χ1) is 13.3. The first kappa shape index (κ1) is 18.9. The number of carbonyl (C=O) groups excluding carboxylic acids is 1. The molecule has 0 spiro atoms. The minimum Gasteiger partial charge on any atom is -0.384 e. The highest BCUT2D eigenvalue weighted by atomic mass is 19.4. The Morgan fingerprint density at radius 2 is 1.68 bits per heavy atom. The number of para-hydroxylation sites is 1. The van der Waals surface area contributed by atoms with Crippen LogP contribution >= 0.6 is 0 Å². The van der Waals surface area contributed by atoms with Gasteiger partial charge in [0.05, 0.1) is 11.3 Å². The maximum absolute atomic E-state index is 13.1. The number of hydrogen-bond donors (Lipinski definition) is 2. The van der Waals surface area contributed by atoms with Crippen LogP contribution in [0.5, 0.6) is 0 Å². The monoisotopic (exact) mass is 389 g/mol. The number of carbonyl (C=O) groups is 1. The van der Waals surface area contributed by atoms with Gasteiger partial charge in [0.2, 0.25) is 0 Å². The van der Waals surface area contributed by atoms with E-state index in [1.807, 2.05) is 6.07 Å². The van der Waals surface area contributed by atoms with E-state index in [0.717, 1.165) is 25.3 Å². The summed E-state index contributed by atoms with van der Waals surface area (Å²) in [6.07, 6.45) is 3.72. The maximum atomic E-state index is 13.1. The molecule has 4 bridgehead atoms. The Balaban J connectivity index is 1.49. The molecular weight excluding hydrogens is 367 g/mol. The van der Waals surface area contributed by atoms with Gasteiger partial charge in [-0.05, 0) is 68.4 Å². The third-order valence-corrected chi connectivity index (χ3v) is 6.41. The van der Waals surface area contributed by atoms with Crippen LogP contribution in [0, 0.1) is 29.1 Å². The van der Waals surface area contributed by atoms with Gasteiger partial charge in [-0.25, -0.2) is 0 Å². The van der Waals surface area contributed by atoms with Crippen molar-refractivity contribution in [3.05, 3.63) is 41.6 Å². The zero-order chi connectivity index (χ0) is 19.9. The smallest absolute Gasteiger partial charge is 0.384 e. The molecule has 1 aromatic rings. The number of amides is 1. The zero-order valence-electron chi connectivity index (χ0n) is 15.4. The van der Waals surface area contributed by atoms with Gasteiger partial charge in [0.15, 0.2) is 0 Å². The topological polar surface area (TPSA) is 64.9 Å². The summed E-state index contributed by atoms with van der Waals surface area (Å²) in [5, 5.41) is 14.9. The molecule has 0 atom stereocenters. The average Bonchev–Trinajstić information content (AvgIpc) is 2.60. The van der Waals surface area contributed by atoms with Gasteiger partial charge < -0.3 is 10.6 Å². The van der Waals surface area contributed by atoms with Crippen LogP contribution in [0.25, 0.3) is 0 Å². The molecule has 0 aromatic heterocycles. The lowest BCUT2D eigenvalue weighted by Gasteiger charge is -2.56. The lowest BCUT2D eigenvalue weighted by molar-refractivity contribution is -0.137. The summed E-state index contributed by atoms with van der Waals surface area (Å²) < 4.78 is 39.3. The SMILES string of the molecule is N#C/C(=C/NC12CC3CC(CC(C3)C1)C2)C(=O)Nc1ccccc1C(F)(F)F. The molecule has 0 heterocycles. The molecule has 4 aliphatic carbocycles. The van der Waals surface area contributed by atoms with Crippen molar-refractivity contribution in [3.63, 3.8) is 0 Å². The molecule has 2 N–H and O–H groups in total. The van der Waals surface area contributed by atoms with Crippen LogP contribution in [0.3, 0.4) is 0 Å². The van der Waals surface area contributed by atoms with Crippen molar-refractivity contribution in [2.24, 2.45) is 17.8 Å². The summed E-state index contributed by atoms with van der Waals surface area (Å²) in [5.74, 6) is 1.26. The van der Waals surface area contributed by atoms with Crippen LogP contribution in [-0.2, 0) is 11.0 Å². The molecule has 4 saturated carbocycles. The van der Waals surface area contributed by atoms with E-state index in [1.54, 1.807) is 0 Å². The Hall–Kier alpha value is -2.49. The lowest BCUT2D eigenvalue weighted by Crippen LogP contribution is -2.57. The lowest BCUT2D eigenvalue weighted by atomic mass is 9.53. The van der Waals surface area contributed by atoms with Gasteiger partial charge in [0, 0.05) is 11.7 Å². The van der Waals surface area contributed by atoms with Gasteiger partial charge in [0.25, 0.3) is 5.91 Å². The van der Waals surface area contributed by atoms with Gasteiger partial charge >= 0.3 is 6.18 Å². The predicted molar refractivity (Wildman–Crippen MR) is 97.8 cm³/mol. The summed E-state index contributed by atoms with van der Waals surface area (Å²) in [4.78, 5) is 12.4. The van der Waals surface area contributed by atoms with Crippen LogP contribution in [0.4, 0.5) is 18.9 Å². The van der Waals surface area contributed by atoms with Crippen LogP contribution in [0.1, 0.15) is 44.1 Å². The molecule has 4 nitrogen and oxygen atoms in total. The Kier molecular flexibility index (Phi) is 4.60. The molecule has 28 heavy (non-hydrogen) atoms. The van der Waals surface area contributed by atoms with Gasteiger partial charge in [-0.2, -0.15) is 18.4 Å². The molecule has 4 aliphatic rings. The first-order valence-electron chi connectivity index (χ1n) is 9.63. The Morgan fingerprint density at radius 1 is 1.11 bits per heavy atom. The van der Waals surface area contributed by atoms with Crippen molar-refractivity contribution in [1.29, 1.82) is 5.26 Å². The van der Waals surface area contributed by atoms with E-state index in [1.165, 1.54) is 43.7 Å². The van der Waals surface area contributed by atoms with E-state index in [9.17, 15) is 23.2 Å². The molecule has 4 fully saturated rings. The second-order valence-electron chi connectivity index (χ2n) is 8.51. The van der Waals surface area contributed by atoms with Crippen molar-refractivity contribution in [1.82, 2.24) is 5.32 Å². The van der Waals surface area contributed by atoms with E-state index in [2.05, 4.69) is 10.6 Å². The van der Waals surface area contributed by atoms with Gasteiger partial charge in [-0.3, -0.25) is 4.79 Å². The number of nitrogens with one attached hydrogen (secondary N) is 2. The number of hydrogen-bond acceptors (Lipinski definition) is 3. The molecule has 1 amide bonds. The molecule has 0 aliphatic heterocycles. The Labute approximate surface area is 161 Å². The van der Waals surface area contributed by atoms with Crippen molar-refractivity contribution in [2.45, 2.75) is 50.2 Å².